The number of nitrogens with one attached hydrogen (secondary N) is 1. The molecule has 2 N–H and O–H groups in total. The molecule has 11 heteroatoms. The average molecular weight is 527 g/mol. The van der Waals surface area contributed by atoms with Crippen molar-refractivity contribution in [3.8, 4) is 5.75 Å². The number of fused-ring (bicyclic) bond motifs is 7. The lowest BCUT2D eigenvalue weighted by atomic mass is 9.75. The van der Waals surface area contributed by atoms with Crippen LogP contribution in [0.4, 0.5) is 11.4 Å². The van der Waals surface area contributed by atoms with E-state index in [1.807, 2.05) is 4.90 Å². The molecule has 4 aliphatic rings. The second-order valence-corrected chi connectivity index (χ2v) is 10.7. The van der Waals surface area contributed by atoms with Gasteiger partial charge in [0.15, 0.2) is 0 Å². The molecule has 3 saturated heterocycles. The molecule has 33 heavy (non-hydrogen) atoms. The van der Waals surface area contributed by atoms with Gasteiger partial charge in [-0.3, -0.25) is 19.3 Å². The summed E-state index contributed by atoms with van der Waals surface area (Å²) in [5.74, 6) is -3.46. The smallest absolute Gasteiger partial charge is 0.250 e. The van der Waals surface area contributed by atoms with Crippen LogP contribution in [0.3, 0.4) is 0 Å². The highest BCUT2D eigenvalue weighted by Crippen LogP contribution is 2.62. The minimum atomic E-state index is -1.48. The Bertz CT molecular complexity index is 1270. The van der Waals surface area contributed by atoms with Gasteiger partial charge in [-0.25, -0.2) is 4.90 Å². The number of aromatic hydroxyl groups is 1. The van der Waals surface area contributed by atoms with Crippen LogP contribution >= 0.6 is 46.4 Å². The maximum absolute atomic E-state index is 13.9. The van der Waals surface area contributed by atoms with Crippen molar-refractivity contribution in [2.75, 3.05) is 16.8 Å². The molecular weight excluding hydrogens is 512 g/mol. The molecule has 4 unspecified atom stereocenters. The number of rotatable bonds is 1. The van der Waals surface area contributed by atoms with Crippen LogP contribution in [0.15, 0.2) is 30.3 Å². The molecule has 7 nitrogen and oxygen atoms in total. The second-order valence-electron chi connectivity index (χ2n) is 8.77. The van der Waals surface area contributed by atoms with Crippen LogP contribution in [-0.4, -0.2) is 45.7 Å². The fraction of sp³-hybridized carbons (Fsp3) is 0.318. The standard InChI is InChI=1S/C22H15Cl4N3O4/c23-8-1-11(6-12(30)2-8)29-19(31)16-15-5-10(25)7-28(15)22(17(16)20(29)32)13-3-9(24)4-14(26)18(13)27-21(22)33/h1-4,6,10,15-17,30H,5,7H2,(H,27,33)/t10-,15?,16?,17?,22?/m0/s1. The molecule has 170 valence electrons. The SMILES string of the molecule is O=C1C2C3C[C@H](Cl)CN3C3(C(=O)Nc4c(Cl)cc(Cl)cc43)C2C(=O)N1c1cc(O)cc(Cl)c1. The van der Waals surface area contributed by atoms with E-state index in [9.17, 15) is 19.5 Å². The van der Waals surface area contributed by atoms with Gasteiger partial charge in [0, 0.05) is 39.6 Å². The zero-order chi connectivity index (χ0) is 23.4. The number of phenolic OH excluding ortho intramolecular Hbond substituents is 1. The highest BCUT2D eigenvalue weighted by Gasteiger charge is 2.75. The third-order valence-corrected chi connectivity index (χ3v) is 8.19. The quantitative estimate of drug-likeness (QED) is 0.433. The first-order valence-corrected chi connectivity index (χ1v) is 11.8. The fourth-order valence-electron chi connectivity index (χ4n) is 6.12. The first-order valence-electron chi connectivity index (χ1n) is 10.2. The zero-order valence-corrected chi connectivity index (χ0v) is 19.7. The van der Waals surface area contributed by atoms with Crippen LogP contribution in [-0.2, 0) is 19.9 Å². The monoisotopic (exact) mass is 525 g/mol. The zero-order valence-electron chi connectivity index (χ0n) is 16.7. The second kappa shape index (κ2) is 6.99. The van der Waals surface area contributed by atoms with Gasteiger partial charge in [-0.2, -0.15) is 0 Å². The normalized spacial score (nSPS) is 32.5. The third kappa shape index (κ3) is 2.66. The number of anilines is 2. The molecule has 2 aromatic rings. The van der Waals surface area contributed by atoms with Gasteiger partial charge >= 0.3 is 0 Å². The summed E-state index contributed by atoms with van der Waals surface area (Å²) >= 11 is 25.3. The molecule has 4 aliphatic heterocycles. The van der Waals surface area contributed by atoms with Gasteiger partial charge in [0.1, 0.15) is 11.3 Å². The summed E-state index contributed by atoms with van der Waals surface area (Å²) in [5, 5.41) is 13.2. The van der Waals surface area contributed by atoms with Gasteiger partial charge in [0.25, 0.3) is 5.91 Å². The number of halogens is 4. The Balaban J connectivity index is 1.58. The van der Waals surface area contributed by atoms with Crippen LogP contribution in [0.5, 0.6) is 5.75 Å². The molecule has 3 fully saturated rings. The first kappa shape index (κ1) is 21.5. The van der Waals surface area contributed by atoms with Crippen LogP contribution in [0, 0.1) is 11.8 Å². The summed E-state index contributed by atoms with van der Waals surface area (Å²) in [4.78, 5) is 44.1. The molecule has 3 amide bonds. The predicted molar refractivity (Wildman–Crippen MR) is 124 cm³/mol. The number of hydrogen-bond donors (Lipinski definition) is 2. The van der Waals surface area contributed by atoms with Crippen molar-refractivity contribution in [1.82, 2.24) is 4.90 Å². The predicted octanol–water partition coefficient (Wildman–Crippen LogP) is 4.00. The molecule has 0 saturated carbocycles. The van der Waals surface area contributed by atoms with Crippen molar-refractivity contribution in [1.29, 1.82) is 0 Å². The lowest BCUT2D eigenvalue weighted by Crippen LogP contribution is -2.54. The molecule has 2 aromatic carbocycles. The number of phenols is 1. The Labute approximate surface area is 208 Å². The largest absolute Gasteiger partial charge is 0.508 e. The molecule has 6 rings (SSSR count). The number of hydrogen-bond acceptors (Lipinski definition) is 5. The van der Waals surface area contributed by atoms with E-state index >= 15 is 0 Å². The lowest BCUT2D eigenvalue weighted by molar-refractivity contribution is -0.135. The minimum absolute atomic E-state index is 0.147. The van der Waals surface area contributed by atoms with Crippen LogP contribution in [0.1, 0.15) is 12.0 Å². The molecule has 0 aromatic heterocycles. The first-order chi connectivity index (χ1) is 15.6. The highest BCUT2D eigenvalue weighted by molar-refractivity contribution is 6.38. The van der Waals surface area contributed by atoms with Gasteiger partial charge in [0.2, 0.25) is 11.8 Å². The maximum atomic E-state index is 13.9. The van der Waals surface area contributed by atoms with Crippen LogP contribution < -0.4 is 10.2 Å². The number of carbonyl (C=O) groups is 3. The van der Waals surface area contributed by atoms with E-state index in [0.29, 0.717) is 29.2 Å². The summed E-state index contributed by atoms with van der Waals surface area (Å²) < 4.78 is 0. The number of carbonyl (C=O) groups excluding carboxylic acids is 3. The number of alkyl halides is 1. The van der Waals surface area contributed by atoms with E-state index in [4.69, 9.17) is 46.4 Å². The van der Waals surface area contributed by atoms with Gasteiger partial charge < -0.3 is 10.4 Å². The Morgan fingerprint density at radius 2 is 1.73 bits per heavy atom. The maximum Gasteiger partial charge on any atom is 0.250 e. The number of nitrogens with zero attached hydrogens (tertiary/aromatic N) is 2. The van der Waals surface area contributed by atoms with E-state index in [1.54, 1.807) is 6.07 Å². The number of amides is 3. The summed E-state index contributed by atoms with van der Waals surface area (Å²) in [7, 11) is 0. The van der Waals surface area contributed by atoms with Crippen LogP contribution in [0.25, 0.3) is 0 Å². The Morgan fingerprint density at radius 3 is 2.45 bits per heavy atom. The molecule has 4 heterocycles. The fourth-order valence-corrected chi connectivity index (χ4v) is 7.22. The lowest BCUT2D eigenvalue weighted by Gasteiger charge is -2.36. The Hall–Kier alpha value is -2.03. The van der Waals surface area contributed by atoms with Crippen molar-refractivity contribution < 1.29 is 19.5 Å². The summed E-state index contributed by atoms with van der Waals surface area (Å²) in [5.41, 5.74) is -0.493. The topological polar surface area (TPSA) is 90.0 Å². The van der Waals surface area contributed by atoms with Crippen LogP contribution in [0.2, 0.25) is 15.1 Å². The molecule has 0 bridgehead atoms. The summed E-state index contributed by atoms with van der Waals surface area (Å²) in [6.07, 6.45) is 0.440. The van der Waals surface area contributed by atoms with E-state index in [0.717, 1.165) is 4.90 Å². The van der Waals surface area contributed by atoms with Crippen molar-refractivity contribution in [3.63, 3.8) is 0 Å². The molecular formula is C22H15Cl4N3O4. The van der Waals surface area contributed by atoms with E-state index < -0.39 is 41.1 Å². The van der Waals surface area contributed by atoms with Crippen molar-refractivity contribution >= 4 is 75.5 Å². The Kier molecular flexibility index (Phi) is 4.56. The highest BCUT2D eigenvalue weighted by atomic mass is 35.5. The molecule has 0 radical (unpaired) electrons. The molecule has 1 spiro atoms. The number of benzene rings is 2. The van der Waals surface area contributed by atoms with Crippen molar-refractivity contribution in [2.45, 2.75) is 23.4 Å². The number of imide groups is 1. The van der Waals surface area contributed by atoms with Gasteiger partial charge in [-0.05, 0) is 30.7 Å². The minimum Gasteiger partial charge on any atom is -0.508 e. The van der Waals surface area contributed by atoms with Crippen molar-refractivity contribution in [3.05, 3.63) is 51.0 Å². The molecule has 0 aliphatic carbocycles. The van der Waals surface area contributed by atoms with Crippen molar-refractivity contribution in [2.24, 2.45) is 11.8 Å². The summed E-state index contributed by atoms with van der Waals surface area (Å²) in [6.45, 7) is 0.328. The van der Waals surface area contributed by atoms with E-state index in [2.05, 4.69) is 5.32 Å². The molecule has 5 atom stereocenters. The van der Waals surface area contributed by atoms with Gasteiger partial charge in [-0.15, -0.1) is 11.6 Å². The summed E-state index contributed by atoms with van der Waals surface area (Å²) in [6, 6.07) is 6.73. The van der Waals surface area contributed by atoms with Gasteiger partial charge in [-0.1, -0.05) is 34.8 Å². The Morgan fingerprint density at radius 1 is 1.00 bits per heavy atom. The van der Waals surface area contributed by atoms with E-state index in [-0.39, 0.29) is 26.9 Å². The third-order valence-electron chi connectivity index (χ3n) is 7.14. The average Bonchev–Trinajstić information content (AvgIpc) is 3.37. The van der Waals surface area contributed by atoms with Gasteiger partial charge in [0.05, 0.1) is 28.2 Å². The van der Waals surface area contributed by atoms with E-state index in [1.165, 1.54) is 24.3 Å².